The lowest BCUT2D eigenvalue weighted by Gasteiger charge is -2.17. The molecule has 3 rings (SSSR count). The standard InChI is InChI=1S/C17H16FNS/c1-11-5-3-4-6-14(11)17(19-2)16-10-12-9-13(18)7-8-15(12)20-16/h3-10,17,19H,1-2H3. The second-order valence-corrected chi connectivity index (χ2v) is 6.02. The summed E-state index contributed by atoms with van der Waals surface area (Å²) < 4.78 is 14.4. The van der Waals surface area contributed by atoms with Gasteiger partial charge in [-0.3, -0.25) is 0 Å². The minimum absolute atomic E-state index is 0.150. The second kappa shape index (κ2) is 5.35. The van der Waals surface area contributed by atoms with Crippen LogP contribution in [0.4, 0.5) is 4.39 Å². The summed E-state index contributed by atoms with van der Waals surface area (Å²) in [4.78, 5) is 1.21. The molecule has 1 nitrogen and oxygen atoms in total. The third-order valence-corrected chi connectivity index (χ3v) is 4.75. The van der Waals surface area contributed by atoms with Gasteiger partial charge in [-0.05, 0) is 54.8 Å². The molecule has 0 bridgehead atoms. The van der Waals surface area contributed by atoms with Crippen LogP contribution < -0.4 is 5.32 Å². The van der Waals surface area contributed by atoms with Gasteiger partial charge in [0.2, 0.25) is 0 Å². The number of rotatable bonds is 3. The number of thiophene rings is 1. The van der Waals surface area contributed by atoms with Gasteiger partial charge in [0.25, 0.3) is 0 Å². The summed E-state index contributed by atoms with van der Waals surface area (Å²) in [5.74, 6) is -0.182. The first kappa shape index (κ1) is 13.3. The molecule has 0 saturated carbocycles. The molecule has 2 aromatic carbocycles. The summed E-state index contributed by atoms with van der Waals surface area (Å²) in [7, 11) is 1.96. The molecule has 3 aromatic rings. The third kappa shape index (κ3) is 2.35. The van der Waals surface area contributed by atoms with E-state index in [-0.39, 0.29) is 11.9 Å². The van der Waals surface area contributed by atoms with E-state index in [0.717, 1.165) is 10.1 Å². The minimum Gasteiger partial charge on any atom is -0.309 e. The second-order valence-electron chi connectivity index (χ2n) is 4.91. The molecular formula is C17H16FNS. The largest absolute Gasteiger partial charge is 0.309 e. The molecule has 0 fully saturated rings. The van der Waals surface area contributed by atoms with Crippen LogP contribution in [-0.4, -0.2) is 7.05 Å². The van der Waals surface area contributed by atoms with Crippen molar-refractivity contribution in [3.63, 3.8) is 0 Å². The van der Waals surface area contributed by atoms with Crippen LogP contribution in [0.5, 0.6) is 0 Å². The highest BCUT2D eigenvalue weighted by Gasteiger charge is 2.16. The summed E-state index contributed by atoms with van der Waals surface area (Å²) in [6, 6.07) is 15.6. The van der Waals surface area contributed by atoms with E-state index in [2.05, 4.69) is 36.5 Å². The van der Waals surface area contributed by atoms with Crippen LogP contribution in [0.1, 0.15) is 22.0 Å². The van der Waals surface area contributed by atoms with E-state index in [0.29, 0.717) is 0 Å². The zero-order valence-corrected chi connectivity index (χ0v) is 12.3. The lowest BCUT2D eigenvalue weighted by atomic mass is 10.00. The number of hydrogen-bond donors (Lipinski definition) is 1. The van der Waals surface area contributed by atoms with Gasteiger partial charge in [-0.2, -0.15) is 0 Å². The molecule has 3 heteroatoms. The average molecular weight is 285 g/mol. The molecule has 0 aliphatic carbocycles. The summed E-state index contributed by atoms with van der Waals surface area (Å²) >= 11 is 1.71. The highest BCUT2D eigenvalue weighted by atomic mass is 32.1. The van der Waals surface area contributed by atoms with Crippen LogP contribution in [0.25, 0.3) is 10.1 Å². The fourth-order valence-corrected chi connectivity index (χ4v) is 3.71. The summed E-state index contributed by atoms with van der Waals surface area (Å²) in [6.45, 7) is 2.12. The number of aryl methyl sites for hydroxylation is 1. The molecule has 1 N–H and O–H groups in total. The molecule has 0 aliphatic heterocycles. The summed E-state index contributed by atoms with van der Waals surface area (Å²) in [5.41, 5.74) is 2.53. The van der Waals surface area contributed by atoms with E-state index < -0.39 is 0 Å². The van der Waals surface area contributed by atoms with E-state index in [9.17, 15) is 4.39 Å². The van der Waals surface area contributed by atoms with Crippen LogP contribution in [0.15, 0.2) is 48.5 Å². The maximum atomic E-state index is 13.3. The number of halogens is 1. The van der Waals surface area contributed by atoms with E-state index in [1.807, 2.05) is 19.2 Å². The van der Waals surface area contributed by atoms with Gasteiger partial charge in [-0.15, -0.1) is 11.3 Å². The minimum atomic E-state index is -0.182. The smallest absolute Gasteiger partial charge is 0.123 e. The van der Waals surface area contributed by atoms with Crippen molar-refractivity contribution in [3.8, 4) is 0 Å². The van der Waals surface area contributed by atoms with E-state index >= 15 is 0 Å². The summed E-state index contributed by atoms with van der Waals surface area (Å²) in [6.07, 6.45) is 0. The Kier molecular flexibility index (Phi) is 3.55. The van der Waals surface area contributed by atoms with Crippen molar-refractivity contribution in [1.82, 2.24) is 5.32 Å². The average Bonchev–Trinajstić information content (AvgIpc) is 2.84. The molecule has 1 aromatic heterocycles. The maximum absolute atomic E-state index is 13.3. The lowest BCUT2D eigenvalue weighted by Crippen LogP contribution is -2.17. The zero-order valence-electron chi connectivity index (χ0n) is 11.5. The SMILES string of the molecule is CNC(c1cc2cc(F)ccc2s1)c1ccccc1C. The predicted octanol–water partition coefficient (Wildman–Crippen LogP) is 4.66. The molecule has 0 radical (unpaired) electrons. The van der Waals surface area contributed by atoms with Gasteiger partial charge < -0.3 is 5.32 Å². The van der Waals surface area contributed by atoms with Crippen molar-refractivity contribution in [2.24, 2.45) is 0 Å². The monoisotopic (exact) mass is 285 g/mol. The lowest BCUT2D eigenvalue weighted by molar-refractivity contribution is 0.630. The fraction of sp³-hybridized carbons (Fsp3) is 0.176. The Bertz CT molecular complexity index is 748. The van der Waals surface area contributed by atoms with Crippen molar-refractivity contribution in [2.45, 2.75) is 13.0 Å². The van der Waals surface area contributed by atoms with E-state index in [1.54, 1.807) is 17.4 Å². The van der Waals surface area contributed by atoms with Crippen LogP contribution >= 0.6 is 11.3 Å². The molecule has 102 valence electrons. The highest BCUT2D eigenvalue weighted by molar-refractivity contribution is 7.19. The van der Waals surface area contributed by atoms with Crippen molar-refractivity contribution < 1.29 is 4.39 Å². The first-order chi connectivity index (χ1) is 9.69. The molecule has 20 heavy (non-hydrogen) atoms. The van der Waals surface area contributed by atoms with Gasteiger partial charge >= 0.3 is 0 Å². The Balaban J connectivity index is 2.10. The van der Waals surface area contributed by atoms with Crippen LogP contribution in [0, 0.1) is 12.7 Å². The molecule has 1 atom stereocenters. The van der Waals surface area contributed by atoms with Gasteiger partial charge in [-0.25, -0.2) is 4.39 Å². The number of nitrogens with one attached hydrogen (secondary N) is 1. The van der Waals surface area contributed by atoms with Gasteiger partial charge in [-0.1, -0.05) is 24.3 Å². The number of benzene rings is 2. The third-order valence-electron chi connectivity index (χ3n) is 3.57. The van der Waals surface area contributed by atoms with Gasteiger partial charge in [0.05, 0.1) is 6.04 Å². The number of fused-ring (bicyclic) bond motifs is 1. The molecule has 0 aliphatic rings. The zero-order chi connectivity index (χ0) is 14.1. The summed E-state index contributed by atoms with van der Waals surface area (Å²) in [5, 5.41) is 4.34. The van der Waals surface area contributed by atoms with Crippen LogP contribution in [-0.2, 0) is 0 Å². The maximum Gasteiger partial charge on any atom is 0.123 e. The molecular weight excluding hydrogens is 269 g/mol. The molecule has 1 heterocycles. The Hall–Kier alpha value is -1.71. The van der Waals surface area contributed by atoms with E-state index in [4.69, 9.17) is 0 Å². The Morgan fingerprint density at radius 3 is 2.65 bits per heavy atom. The van der Waals surface area contributed by atoms with Crippen molar-refractivity contribution in [3.05, 3.63) is 70.4 Å². The molecule has 0 spiro atoms. The molecule has 1 unspecified atom stereocenters. The Morgan fingerprint density at radius 2 is 1.90 bits per heavy atom. The van der Waals surface area contributed by atoms with E-state index in [1.165, 1.54) is 22.1 Å². The molecule has 0 saturated heterocycles. The van der Waals surface area contributed by atoms with Crippen molar-refractivity contribution in [1.29, 1.82) is 0 Å². The topological polar surface area (TPSA) is 12.0 Å². The van der Waals surface area contributed by atoms with Crippen molar-refractivity contribution in [2.75, 3.05) is 7.05 Å². The van der Waals surface area contributed by atoms with Gasteiger partial charge in [0.1, 0.15) is 5.82 Å². The fourth-order valence-electron chi connectivity index (χ4n) is 2.54. The quantitative estimate of drug-likeness (QED) is 0.738. The first-order valence-corrected chi connectivity index (χ1v) is 7.42. The van der Waals surface area contributed by atoms with Crippen molar-refractivity contribution >= 4 is 21.4 Å². The van der Waals surface area contributed by atoms with Crippen LogP contribution in [0.3, 0.4) is 0 Å². The van der Waals surface area contributed by atoms with Crippen LogP contribution in [0.2, 0.25) is 0 Å². The molecule has 0 amide bonds. The number of hydrogen-bond acceptors (Lipinski definition) is 2. The predicted molar refractivity (Wildman–Crippen MR) is 83.9 cm³/mol. The Morgan fingerprint density at radius 1 is 1.10 bits per heavy atom. The van der Waals surface area contributed by atoms with Gasteiger partial charge in [0.15, 0.2) is 0 Å². The Labute approximate surface area is 122 Å². The highest BCUT2D eigenvalue weighted by Crippen LogP contribution is 2.34. The normalized spacial score (nSPS) is 12.8. The first-order valence-electron chi connectivity index (χ1n) is 6.61. The van der Waals surface area contributed by atoms with Gasteiger partial charge in [0, 0.05) is 9.58 Å².